The van der Waals surface area contributed by atoms with Crippen molar-refractivity contribution in [2.75, 3.05) is 0 Å². The van der Waals surface area contributed by atoms with Crippen molar-refractivity contribution in [2.45, 2.75) is 26.4 Å². The highest BCUT2D eigenvalue weighted by Gasteiger charge is 2.12. The van der Waals surface area contributed by atoms with Gasteiger partial charge < -0.3 is 5.11 Å². The molecule has 0 saturated heterocycles. The van der Waals surface area contributed by atoms with Crippen molar-refractivity contribution < 1.29 is 5.11 Å². The van der Waals surface area contributed by atoms with Crippen molar-refractivity contribution in [3.05, 3.63) is 55.7 Å². The SMILES string of the molecule is Cc1ccc(C)c(C(O)Cc2cc(Br)cs2)c1. The molecule has 2 aromatic rings. The van der Waals surface area contributed by atoms with Gasteiger partial charge in [0.2, 0.25) is 0 Å². The topological polar surface area (TPSA) is 20.2 Å². The van der Waals surface area contributed by atoms with E-state index in [4.69, 9.17) is 0 Å². The molecule has 0 bridgehead atoms. The van der Waals surface area contributed by atoms with E-state index in [0.29, 0.717) is 6.42 Å². The average molecular weight is 311 g/mol. The molecule has 0 saturated carbocycles. The Labute approximate surface area is 114 Å². The highest BCUT2D eigenvalue weighted by Crippen LogP contribution is 2.27. The summed E-state index contributed by atoms with van der Waals surface area (Å²) < 4.78 is 1.09. The zero-order valence-electron chi connectivity index (χ0n) is 9.90. The van der Waals surface area contributed by atoms with Crippen LogP contribution in [-0.4, -0.2) is 5.11 Å². The molecular formula is C14H15BrOS. The van der Waals surface area contributed by atoms with E-state index >= 15 is 0 Å². The maximum atomic E-state index is 10.3. The summed E-state index contributed by atoms with van der Waals surface area (Å²) in [6.45, 7) is 4.10. The molecule has 1 unspecified atom stereocenters. The predicted octanol–water partition coefficient (Wildman–Crippen LogP) is 4.40. The molecule has 0 spiro atoms. The van der Waals surface area contributed by atoms with Crippen LogP contribution in [0.4, 0.5) is 0 Å². The van der Waals surface area contributed by atoms with Crippen molar-refractivity contribution >= 4 is 27.3 Å². The van der Waals surface area contributed by atoms with Crippen molar-refractivity contribution in [2.24, 2.45) is 0 Å². The number of aliphatic hydroxyl groups is 1. The molecule has 1 atom stereocenters. The number of aryl methyl sites for hydroxylation is 2. The minimum absolute atomic E-state index is 0.416. The highest BCUT2D eigenvalue weighted by molar-refractivity contribution is 9.10. The fourth-order valence-electron chi connectivity index (χ4n) is 1.88. The molecule has 1 nitrogen and oxygen atoms in total. The Kier molecular flexibility index (Phi) is 4.02. The van der Waals surface area contributed by atoms with Gasteiger partial charge in [0.05, 0.1) is 6.10 Å². The molecule has 2 rings (SSSR count). The van der Waals surface area contributed by atoms with Crippen LogP contribution < -0.4 is 0 Å². The fraction of sp³-hybridized carbons (Fsp3) is 0.286. The van der Waals surface area contributed by atoms with Crippen LogP contribution in [0.2, 0.25) is 0 Å². The van der Waals surface area contributed by atoms with Gasteiger partial charge in [0.1, 0.15) is 0 Å². The largest absolute Gasteiger partial charge is 0.388 e. The predicted molar refractivity (Wildman–Crippen MR) is 76.6 cm³/mol. The molecule has 3 heteroatoms. The third-order valence-electron chi connectivity index (χ3n) is 2.81. The van der Waals surface area contributed by atoms with Crippen LogP contribution in [-0.2, 0) is 6.42 Å². The summed E-state index contributed by atoms with van der Waals surface area (Å²) in [6.07, 6.45) is 0.265. The normalized spacial score (nSPS) is 12.7. The van der Waals surface area contributed by atoms with Gasteiger partial charge in [-0.1, -0.05) is 23.8 Å². The van der Waals surface area contributed by atoms with Crippen LogP contribution >= 0.6 is 27.3 Å². The fourth-order valence-corrected chi connectivity index (χ4v) is 3.37. The van der Waals surface area contributed by atoms with Gasteiger partial charge in [-0.25, -0.2) is 0 Å². The maximum Gasteiger partial charge on any atom is 0.0840 e. The van der Waals surface area contributed by atoms with Gasteiger partial charge in [-0.2, -0.15) is 0 Å². The average Bonchev–Trinajstić information content (AvgIpc) is 2.67. The molecule has 0 aliphatic heterocycles. The summed E-state index contributed by atoms with van der Waals surface area (Å²) in [5, 5.41) is 12.3. The lowest BCUT2D eigenvalue weighted by Crippen LogP contribution is -2.03. The molecule has 0 aliphatic carbocycles. The maximum absolute atomic E-state index is 10.3. The zero-order valence-corrected chi connectivity index (χ0v) is 12.3. The Hall–Kier alpha value is -0.640. The van der Waals surface area contributed by atoms with E-state index in [9.17, 15) is 5.11 Å². The lowest BCUT2D eigenvalue weighted by molar-refractivity contribution is 0.178. The first-order valence-corrected chi connectivity index (χ1v) is 7.21. The molecule has 1 aromatic carbocycles. The smallest absolute Gasteiger partial charge is 0.0840 e. The third kappa shape index (κ3) is 3.18. The Balaban J connectivity index is 2.19. The van der Waals surface area contributed by atoms with Gasteiger partial charge >= 0.3 is 0 Å². The Bertz CT molecular complexity index is 519. The number of halogens is 1. The molecule has 17 heavy (non-hydrogen) atoms. The number of aliphatic hydroxyl groups excluding tert-OH is 1. The number of benzene rings is 1. The summed E-state index contributed by atoms with van der Waals surface area (Å²) in [7, 11) is 0. The van der Waals surface area contributed by atoms with Crippen molar-refractivity contribution in [1.29, 1.82) is 0 Å². The third-order valence-corrected chi connectivity index (χ3v) is 4.53. The lowest BCUT2D eigenvalue weighted by Gasteiger charge is -2.13. The number of hydrogen-bond acceptors (Lipinski definition) is 2. The Morgan fingerprint density at radius 2 is 2.06 bits per heavy atom. The quantitative estimate of drug-likeness (QED) is 0.890. The molecular weight excluding hydrogens is 296 g/mol. The highest BCUT2D eigenvalue weighted by atomic mass is 79.9. The monoisotopic (exact) mass is 310 g/mol. The minimum atomic E-state index is -0.416. The zero-order chi connectivity index (χ0) is 12.4. The first-order valence-electron chi connectivity index (χ1n) is 5.54. The van der Waals surface area contributed by atoms with Crippen LogP contribution in [0.1, 0.15) is 27.7 Å². The van der Waals surface area contributed by atoms with Crippen LogP contribution in [0.3, 0.4) is 0 Å². The number of hydrogen-bond donors (Lipinski definition) is 1. The second-order valence-electron chi connectivity index (χ2n) is 4.31. The van der Waals surface area contributed by atoms with E-state index in [2.05, 4.69) is 47.1 Å². The van der Waals surface area contributed by atoms with Gasteiger partial charge in [0.15, 0.2) is 0 Å². The second-order valence-corrected chi connectivity index (χ2v) is 6.22. The van der Waals surface area contributed by atoms with Crippen LogP contribution in [0.25, 0.3) is 0 Å². The second kappa shape index (κ2) is 5.34. The first kappa shape index (κ1) is 12.8. The van der Waals surface area contributed by atoms with Gasteiger partial charge in [-0.05, 0) is 47.0 Å². The van der Waals surface area contributed by atoms with Crippen molar-refractivity contribution in [3.8, 4) is 0 Å². The summed E-state index contributed by atoms with van der Waals surface area (Å²) in [6, 6.07) is 8.28. The standard InChI is InChI=1S/C14H15BrOS/c1-9-3-4-10(2)13(5-9)14(16)7-12-6-11(15)8-17-12/h3-6,8,14,16H,7H2,1-2H3. The molecule has 0 fully saturated rings. The Morgan fingerprint density at radius 1 is 1.29 bits per heavy atom. The molecule has 0 radical (unpaired) electrons. The van der Waals surface area contributed by atoms with E-state index in [0.717, 1.165) is 15.6 Å². The van der Waals surface area contributed by atoms with Gasteiger partial charge in [0.25, 0.3) is 0 Å². The van der Waals surface area contributed by atoms with Gasteiger partial charge in [-0.3, -0.25) is 0 Å². The first-order chi connectivity index (χ1) is 8.06. The number of rotatable bonds is 3. The van der Waals surface area contributed by atoms with E-state index in [1.165, 1.54) is 10.4 Å². The molecule has 90 valence electrons. The van der Waals surface area contributed by atoms with Crippen LogP contribution in [0, 0.1) is 13.8 Å². The molecule has 1 aromatic heterocycles. The summed E-state index contributed by atoms with van der Waals surface area (Å²) in [5.41, 5.74) is 3.38. The Morgan fingerprint density at radius 3 is 2.71 bits per heavy atom. The number of thiophene rings is 1. The van der Waals surface area contributed by atoms with E-state index in [1.807, 2.05) is 12.3 Å². The minimum Gasteiger partial charge on any atom is -0.388 e. The molecule has 0 amide bonds. The lowest BCUT2D eigenvalue weighted by atomic mass is 9.98. The van der Waals surface area contributed by atoms with E-state index in [1.54, 1.807) is 11.3 Å². The molecule has 1 N–H and O–H groups in total. The van der Waals surface area contributed by atoms with Crippen molar-refractivity contribution in [3.63, 3.8) is 0 Å². The van der Waals surface area contributed by atoms with E-state index < -0.39 is 6.10 Å². The van der Waals surface area contributed by atoms with Crippen molar-refractivity contribution in [1.82, 2.24) is 0 Å². The van der Waals surface area contributed by atoms with E-state index in [-0.39, 0.29) is 0 Å². The molecule has 0 aliphatic rings. The summed E-state index contributed by atoms with van der Waals surface area (Å²) in [4.78, 5) is 1.20. The summed E-state index contributed by atoms with van der Waals surface area (Å²) >= 11 is 5.11. The van der Waals surface area contributed by atoms with Crippen LogP contribution in [0.15, 0.2) is 34.1 Å². The van der Waals surface area contributed by atoms with Crippen LogP contribution in [0.5, 0.6) is 0 Å². The van der Waals surface area contributed by atoms with Gasteiger partial charge in [0, 0.05) is 21.2 Å². The van der Waals surface area contributed by atoms with Gasteiger partial charge in [-0.15, -0.1) is 11.3 Å². The molecule has 1 heterocycles. The summed E-state index contributed by atoms with van der Waals surface area (Å²) in [5.74, 6) is 0.